The molecule has 1 aromatic rings. The number of rotatable bonds is 2. The van der Waals surface area contributed by atoms with E-state index in [1.54, 1.807) is 0 Å². The van der Waals surface area contributed by atoms with Crippen molar-refractivity contribution < 1.29 is 18.7 Å². The van der Waals surface area contributed by atoms with E-state index in [9.17, 15) is 13.6 Å². The van der Waals surface area contributed by atoms with Gasteiger partial charge in [-0.05, 0) is 37.1 Å². The van der Waals surface area contributed by atoms with Gasteiger partial charge in [0.15, 0.2) is 0 Å². The van der Waals surface area contributed by atoms with Crippen molar-refractivity contribution in [2.45, 2.75) is 18.9 Å². The molecule has 16 heavy (non-hydrogen) atoms. The Kier molecular flexibility index (Phi) is 2.87. The summed E-state index contributed by atoms with van der Waals surface area (Å²) in [6.07, 6.45) is 1.76. The summed E-state index contributed by atoms with van der Waals surface area (Å²) < 4.78 is 26.7. The molecule has 86 valence electrons. The second-order valence-corrected chi connectivity index (χ2v) is 3.81. The Bertz CT molecular complexity index is 405. The van der Waals surface area contributed by atoms with Gasteiger partial charge in [0, 0.05) is 6.04 Å². The lowest BCUT2D eigenvalue weighted by atomic mass is 10.0. The molecule has 2 N–H and O–H groups in total. The zero-order valence-corrected chi connectivity index (χ0v) is 8.46. The third-order valence-electron chi connectivity index (χ3n) is 2.74. The molecule has 0 amide bonds. The Hall–Kier alpha value is -1.49. The molecule has 0 aromatic heterocycles. The molecule has 5 heteroatoms. The van der Waals surface area contributed by atoms with Crippen LogP contribution in [0.1, 0.15) is 34.8 Å². The van der Waals surface area contributed by atoms with Crippen LogP contribution in [0.2, 0.25) is 0 Å². The summed E-state index contributed by atoms with van der Waals surface area (Å²) >= 11 is 0. The Balaban J connectivity index is 2.40. The second kappa shape index (κ2) is 4.17. The van der Waals surface area contributed by atoms with Crippen molar-refractivity contribution in [3.05, 3.63) is 34.9 Å². The zero-order chi connectivity index (χ0) is 11.7. The molecule has 1 atom stereocenters. The third kappa shape index (κ3) is 1.90. The number of carboxylic acid groups (broad SMARTS) is 1. The standard InChI is InChI=1S/C11H11F2NO2/c12-7-4-6(9-2-1-3-14-9)5-8(13)10(7)11(15)16/h4-5,9,14H,1-3H2,(H,15,16). The van der Waals surface area contributed by atoms with E-state index < -0.39 is 23.2 Å². The van der Waals surface area contributed by atoms with Crippen LogP contribution in [0.25, 0.3) is 0 Å². The smallest absolute Gasteiger partial charge is 0.341 e. The maximum absolute atomic E-state index is 13.4. The summed E-state index contributed by atoms with van der Waals surface area (Å²) in [6, 6.07) is 2.11. The van der Waals surface area contributed by atoms with Gasteiger partial charge in [-0.25, -0.2) is 13.6 Å². The predicted molar refractivity (Wildman–Crippen MR) is 53.3 cm³/mol. The van der Waals surface area contributed by atoms with Gasteiger partial charge in [0.2, 0.25) is 0 Å². The van der Waals surface area contributed by atoms with Gasteiger partial charge in [0.05, 0.1) is 0 Å². The quantitative estimate of drug-likeness (QED) is 0.813. The molecule has 0 bridgehead atoms. The minimum Gasteiger partial charge on any atom is -0.477 e. The first-order valence-corrected chi connectivity index (χ1v) is 5.05. The summed E-state index contributed by atoms with van der Waals surface area (Å²) in [5, 5.41) is 11.7. The van der Waals surface area contributed by atoms with E-state index in [-0.39, 0.29) is 6.04 Å². The van der Waals surface area contributed by atoms with Crippen LogP contribution in [0.3, 0.4) is 0 Å². The first kappa shape index (κ1) is 11.0. The number of nitrogens with one attached hydrogen (secondary N) is 1. The highest BCUT2D eigenvalue weighted by Crippen LogP contribution is 2.26. The number of carbonyl (C=O) groups is 1. The Morgan fingerprint density at radius 2 is 2.00 bits per heavy atom. The monoisotopic (exact) mass is 227 g/mol. The molecule has 0 aliphatic carbocycles. The molecular formula is C11H11F2NO2. The molecule has 0 saturated carbocycles. The maximum Gasteiger partial charge on any atom is 0.341 e. The van der Waals surface area contributed by atoms with Gasteiger partial charge in [-0.15, -0.1) is 0 Å². The Morgan fingerprint density at radius 3 is 2.44 bits per heavy atom. The van der Waals surface area contributed by atoms with Crippen molar-refractivity contribution in [3.8, 4) is 0 Å². The average Bonchev–Trinajstić information content (AvgIpc) is 2.67. The van der Waals surface area contributed by atoms with Gasteiger partial charge >= 0.3 is 5.97 Å². The van der Waals surface area contributed by atoms with Crippen molar-refractivity contribution in [2.24, 2.45) is 0 Å². The number of halogens is 2. The van der Waals surface area contributed by atoms with E-state index in [2.05, 4.69) is 5.32 Å². The molecule has 1 heterocycles. The molecule has 0 spiro atoms. The van der Waals surface area contributed by atoms with E-state index in [0.29, 0.717) is 5.56 Å². The van der Waals surface area contributed by atoms with E-state index in [0.717, 1.165) is 31.5 Å². The summed E-state index contributed by atoms with van der Waals surface area (Å²) in [7, 11) is 0. The third-order valence-corrected chi connectivity index (χ3v) is 2.74. The van der Waals surface area contributed by atoms with Crippen LogP contribution in [0, 0.1) is 11.6 Å². The lowest BCUT2D eigenvalue weighted by Gasteiger charge is -2.11. The molecule has 1 aromatic carbocycles. The fraction of sp³-hybridized carbons (Fsp3) is 0.364. The first-order valence-electron chi connectivity index (χ1n) is 5.05. The number of aromatic carboxylic acids is 1. The van der Waals surface area contributed by atoms with Crippen LogP contribution < -0.4 is 5.32 Å². The van der Waals surface area contributed by atoms with Gasteiger partial charge in [-0.1, -0.05) is 0 Å². The maximum atomic E-state index is 13.4. The molecule has 0 radical (unpaired) electrons. The van der Waals surface area contributed by atoms with Gasteiger partial charge in [-0.2, -0.15) is 0 Å². The van der Waals surface area contributed by atoms with Crippen LogP contribution in [0.5, 0.6) is 0 Å². The Labute approximate surface area is 91.1 Å². The number of carboxylic acids is 1. The highest BCUT2D eigenvalue weighted by atomic mass is 19.1. The molecule has 1 aliphatic heterocycles. The number of benzene rings is 1. The van der Waals surface area contributed by atoms with Crippen molar-refractivity contribution in [2.75, 3.05) is 6.54 Å². The largest absolute Gasteiger partial charge is 0.477 e. The molecule has 1 aliphatic rings. The lowest BCUT2D eigenvalue weighted by molar-refractivity contribution is 0.0686. The summed E-state index contributed by atoms with van der Waals surface area (Å²) in [4.78, 5) is 10.6. The summed E-state index contributed by atoms with van der Waals surface area (Å²) in [5.41, 5.74) is -0.417. The summed E-state index contributed by atoms with van der Waals surface area (Å²) in [6.45, 7) is 0.814. The first-order chi connectivity index (χ1) is 7.59. The minimum atomic E-state index is -1.58. The van der Waals surface area contributed by atoms with Crippen molar-refractivity contribution in [3.63, 3.8) is 0 Å². The normalized spacial score (nSPS) is 20.0. The predicted octanol–water partition coefficient (Wildman–Crippen LogP) is 2.09. The second-order valence-electron chi connectivity index (χ2n) is 3.81. The van der Waals surface area contributed by atoms with Crippen LogP contribution in [-0.2, 0) is 0 Å². The van der Waals surface area contributed by atoms with Crippen LogP contribution >= 0.6 is 0 Å². The van der Waals surface area contributed by atoms with Gasteiger partial charge < -0.3 is 10.4 Å². The molecular weight excluding hydrogens is 216 g/mol. The number of hydrogen-bond acceptors (Lipinski definition) is 2. The van der Waals surface area contributed by atoms with Crippen molar-refractivity contribution in [1.29, 1.82) is 0 Å². The lowest BCUT2D eigenvalue weighted by Crippen LogP contribution is -2.15. The van der Waals surface area contributed by atoms with Gasteiger partial charge in [-0.3, -0.25) is 0 Å². The highest BCUT2D eigenvalue weighted by molar-refractivity contribution is 5.88. The van der Waals surface area contributed by atoms with Crippen molar-refractivity contribution in [1.82, 2.24) is 5.32 Å². The average molecular weight is 227 g/mol. The van der Waals surface area contributed by atoms with E-state index >= 15 is 0 Å². The van der Waals surface area contributed by atoms with Crippen LogP contribution in [0.15, 0.2) is 12.1 Å². The van der Waals surface area contributed by atoms with Crippen molar-refractivity contribution >= 4 is 5.97 Å². The van der Waals surface area contributed by atoms with E-state index in [4.69, 9.17) is 5.11 Å². The highest BCUT2D eigenvalue weighted by Gasteiger charge is 2.22. The van der Waals surface area contributed by atoms with Crippen LogP contribution in [0.4, 0.5) is 8.78 Å². The minimum absolute atomic E-state index is 0.0770. The fourth-order valence-electron chi connectivity index (χ4n) is 1.97. The van der Waals surface area contributed by atoms with Gasteiger partial charge in [0.1, 0.15) is 17.2 Å². The molecule has 3 nitrogen and oxygen atoms in total. The molecule has 1 unspecified atom stereocenters. The summed E-state index contributed by atoms with van der Waals surface area (Å²) in [5.74, 6) is -3.62. The molecule has 1 saturated heterocycles. The number of hydrogen-bond donors (Lipinski definition) is 2. The molecule has 1 fully saturated rings. The van der Waals surface area contributed by atoms with E-state index in [1.807, 2.05) is 0 Å². The Morgan fingerprint density at radius 1 is 1.38 bits per heavy atom. The molecule has 2 rings (SSSR count). The zero-order valence-electron chi connectivity index (χ0n) is 8.46. The fourth-order valence-corrected chi connectivity index (χ4v) is 1.97. The topological polar surface area (TPSA) is 49.3 Å². The SMILES string of the molecule is O=C(O)c1c(F)cc(C2CCCN2)cc1F. The van der Waals surface area contributed by atoms with E-state index in [1.165, 1.54) is 0 Å². The van der Waals surface area contributed by atoms with Gasteiger partial charge in [0.25, 0.3) is 0 Å². The van der Waals surface area contributed by atoms with Crippen LogP contribution in [-0.4, -0.2) is 17.6 Å².